The molecule has 1 heterocycles. The van der Waals surface area contributed by atoms with Gasteiger partial charge in [-0.2, -0.15) is 0 Å². The molecule has 1 radical (unpaired) electrons. The Bertz CT molecular complexity index is 72.1. The number of morpholine rings is 1. The van der Waals surface area contributed by atoms with E-state index in [9.17, 15) is 0 Å². The average Bonchev–Trinajstić information content (AvgIpc) is 1.69. The number of ether oxygens (including phenoxy) is 1. The molecule has 0 amide bonds. The van der Waals surface area contributed by atoms with Crippen molar-refractivity contribution in [3.8, 4) is 0 Å². The van der Waals surface area contributed by atoms with E-state index in [4.69, 9.17) is 4.74 Å². The fourth-order valence-corrected chi connectivity index (χ4v) is 0.504. The third-order valence-electron chi connectivity index (χ3n) is 0.840. The van der Waals surface area contributed by atoms with E-state index in [0.29, 0.717) is 6.61 Å². The SMILES string of the molecule is C=C1COCC[N]1. The van der Waals surface area contributed by atoms with Crippen molar-refractivity contribution in [2.75, 3.05) is 19.8 Å². The molecule has 0 atom stereocenters. The normalized spacial score (nSPS) is 21.4. The summed E-state index contributed by atoms with van der Waals surface area (Å²) in [7, 11) is 0. The predicted molar refractivity (Wildman–Crippen MR) is 27.0 cm³/mol. The third-order valence-corrected chi connectivity index (χ3v) is 0.840. The third kappa shape index (κ3) is 1.20. The molecule has 1 saturated heterocycles. The molecule has 0 N–H and O–H groups in total. The van der Waals surface area contributed by atoms with Crippen LogP contribution >= 0.6 is 0 Å². The largest absolute Gasteiger partial charge is 0.373 e. The van der Waals surface area contributed by atoms with Gasteiger partial charge < -0.3 is 4.74 Å². The maximum Gasteiger partial charge on any atom is 0.0878 e. The first-order chi connectivity index (χ1) is 3.39. The summed E-state index contributed by atoms with van der Waals surface area (Å²) in [4.78, 5) is 0. The van der Waals surface area contributed by atoms with E-state index in [1.54, 1.807) is 0 Å². The van der Waals surface area contributed by atoms with Gasteiger partial charge in [0.1, 0.15) is 0 Å². The molecule has 0 aromatic heterocycles. The van der Waals surface area contributed by atoms with Crippen molar-refractivity contribution >= 4 is 0 Å². The summed E-state index contributed by atoms with van der Waals surface area (Å²) in [5.74, 6) is 0. The average molecular weight is 98.1 g/mol. The van der Waals surface area contributed by atoms with Crippen LogP contribution in [0.15, 0.2) is 12.3 Å². The van der Waals surface area contributed by atoms with Crippen LogP contribution in [0, 0.1) is 0 Å². The molecular weight excluding hydrogens is 90.1 g/mol. The highest BCUT2D eigenvalue weighted by molar-refractivity contribution is 4.92. The highest BCUT2D eigenvalue weighted by atomic mass is 16.5. The summed E-state index contributed by atoms with van der Waals surface area (Å²) in [6.45, 7) is 5.80. The maximum atomic E-state index is 4.99. The van der Waals surface area contributed by atoms with Gasteiger partial charge in [0.05, 0.1) is 25.5 Å². The first kappa shape index (κ1) is 4.65. The van der Waals surface area contributed by atoms with Crippen LogP contribution in [0.4, 0.5) is 0 Å². The van der Waals surface area contributed by atoms with Crippen molar-refractivity contribution in [1.29, 1.82) is 0 Å². The fourth-order valence-electron chi connectivity index (χ4n) is 0.504. The van der Waals surface area contributed by atoms with E-state index < -0.39 is 0 Å². The summed E-state index contributed by atoms with van der Waals surface area (Å²) in [6.07, 6.45) is 0. The summed E-state index contributed by atoms with van der Waals surface area (Å²) < 4.78 is 4.99. The van der Waals surface area contributed by atoms with Crippen LogP contribution in [0.3, 0.4) is 0 Å². The van der Waals surface area contributed by atoms with E-state index >= 15 is 0 Å². The van der Waals surface area contributed by atoms with Crippen LogP contribution in [0.2, 0.25) is 0 Å². The monoisotopic (exact) mass is 98.1 g/mol. The van der Waals surface area contributed by atoms with Crippen molar-refractivity contribution in [2.24, 2.45) is 0 Å². The number of rotatable bonds is 0. The summed E-state index contributed by atoms with van der Waals surface area (Å²) in [5, 5.41) is 4.01. The van der Waals surface area contributed by atoms with Gasteiger partial charge in [0.25, 0.3) is 0 Å². The number of hydrogen-bond donors (Lipinski definition) is 0. The molecule has 1 rings (SSSR count). The Kier molecular flexibility index (Phi) is 1.32. The molecule has 0 bridgehead atoms. The lowest BCUT2D eigenvalue weighted by Crippen LogP contribution is -2.21. The molecule has 0 saturated carbocycles. The van der Waals surface area contributed by atoms with E-state index in [-0.39, 0.29) is 0 Å². The predicted octanol–water partition coefficient (Wildman–Crippen LogP) is 0.135. The molecule has 1 fully saturated rings. The van der Waals surface area contributed by atoms with Gasteiger partial charge in [0.2, 0.25) is 0 Å². The molecule has 0 aliphatic carbocycles. The second-order valence-electron chi connectivity index (χ2n) is 1.50. The van der Waals surface area contributed by atoms with E-state index in [1.165, 1.54) is 0 Å². The summed E-state index contributed by atoms with van der Waals surface area (Å²) in [6, 6.07) is 0. The van der Waals surface area contributed by atoms with Crippen molar-refractivity contribution in [3.05, 3.63) is 12.3 Å². The van der Waals surface area contributed by atoms with Crippen LogP contribution in [-0.2, 0) is 4.74 Å². The zero-order valence-corrected chi connectivity index (χ0v) is 4.18. The lowest BCUT2D eigenvalue weighted by atomic mass is 10.4. The van der Waals surface area contributed by atoms with Crippen LogP contribution < -0.4 is 5.32 Å². The Labute approximate surface area is 43.2 Å². The second-order valence-corrected chi connectivity index (χ2v) is 1.50. The molecule has 0 spiro atoms. The quantitative estimate of drug-likeness (QED) is 0.422. The summed E-state index contributed by atoms with van der Waals surface area (Å²) >= 11 is 0. The van der Waals surface area contributed by atoms with Gasteiger partial charge in [-0.15, -0.1) is 0 Å². The van der Waals surface area contributed by atoms with Gasteiger partial charge in [-0.05, 0) is 0 Å². The van der Waals surface area contributed by atoms with Crippen LogP contribution in [-0.4, -0.2) is 19.8 Å². The molecule has 0 unspecified atom stereocenters. The Morgan fingerprint density at radius 2 is 2.57 bits per heavy atom. The molecule has 1 aliphatic rings. The van der Waals surface area contributed by atoms with Gasteiger partial charge in [0.15, 0.2) is 0 Å². The highest BCUT2D eigenvalue weighted by Crippen LogP contribution is 1.92. The Morgan fingerprint density at radius 3 is 2.86 bits per heavy atom. The Hall–Kier alpha value is -0.500. The van der Waals surface area contributed by atoms with E-state index in [1.807, 2.05) is 0 Å². The lowest BCUT2D eigenvalue weighted by Gasteiger charge is -2.12. The second kappa shape index (κ2) is 1.98. The molecule has 39 valence electrons. The number of nitrogens with zero attached hydrogens (tertiary/aromatic N) is 1. The fraction of sp³-hybridized carbons (Fsp3) is 0.600. The van der Waals surface area contributed by atoms with Gasteiger partial charge >= 0.3 is 0 Å². The smallest absolute Gasteiger partial charge is 0.0878 e. The first-order valence-corrected chi connectivity index (χ1v) is 2.32. The van der Waals surface area contributed by atoms with E-state index in [0.717, 1.165) is 18.8 Å². The van der Waals surface area contributed by atoms with Crippen LogP contribution in [0.1, 0.15) is 0 Å². The molecule has 2 heteroatoms. The van der Waals surface area contributed by atoms with Gasteiger partial charge in [-0.3, -0.25) is 5.32 Å². The summed E-state index contributed by atoms with van der Waals surface area (Å²) in [5.41, 5.74) is 0.867. The van der Waals surface area contributed by atoms with E-state index in [2.05, 4.69) is 11.9 Å². The Balaban J connectivity index is 2.25. The molecule has 2 nitrogen and oxygen atoms in total. The standard InChI is InChI=1S/C5H8NO/c1-5-4-7-3-2-6-5/h1-4H2. The molecular formula is C5H8NO. The lowest BCUT2D eigenvalue weighted by molar-refractivity contribution is 0.131. The highest BCUT2D eigenvalue weighted by Gasteiger charge is 2.00. The van der Waals surface area contributed by atoms with Gasteiger partial charge in [-0.25, -0.2) is 0 Å². The molecule has 0 aromatic carbocycles. The molecule has 0 aromatic rings. The van der Waals surface area contributed by atoms with Crippen LogP contribution in [0.5, 0.6) is 0 Å². The maximum absolute atomic E-state index is 4.99. The molecule has 7 heavy (non-hydrogen) atoms. The Morgan fingerprint density at radius 1 is 1.71 bits per heavy atom. The number of hydrogen-bond acceptors (Lipinski definition) is 1. The topological polar surface area (TPSA) is 23.3 Å². The zero-order valence-electron chi connectivity index (χ0n) is 4.18. The first-order valence-electron chi connectivity index (χ1n) is 2.32. The van der Waals surface area contributed by atoms with Crippen molar-refractivity contribution in [2.45, 2.75) is 0 Å². The van der Waals surface area contributed by atoms with Gasteiger partial charge in [0, 0.05) is 0 Å². The van der Waals surface area contributed by atoms with Gasteiger partial charge in [-0.1, -0.05) is 6.58 Å². The zero-order chi connectivity index (χ0) is 5.11. The van der Waals surface area contributed by atoms with Crippen LogP contribution in [0.25, 0.3) is 0 Å². The van der Waals surface area contributed by atoms with Crippen molar-refractivity contribution < 1.29 is 4.74 Å². The minimum Gasteiger partial charge on any atom is -0.373 e. The minimum atomic E-state index is 0.625. The minimum absolute atomic E-state index is 0.625. The van der Waals surface area contributed by atoms with Crippen molar-refractivity contribution in [3.63, 3.8) is 0 Å². The molecule has 1 aliphatic heterocycles. The van der Waals surface area contributed by atoms with Crippen molar-refractivity contribution in [1.82, 2.24) is 5.32 Å².